The molecule has 3 fully saturated rings. The smallest absolute Gasteiger partial charge is 0.246 e. The number of hydrogen-bond donors (Lipinski definition) is 2. The van der Waals surface area contributed by atoms with Crippen LogP contribution in [0.1, 0.15) is 65.2 Å². The molecule has 1 saturated carbocycles. The lowest BCUT2D eigenvalue weighted by atomic mass is 9.74. The fraction of sp³-hybridized carbons (Fsp3) is 0.645. The second-order valence-corrected chi connectivity index (χ2v) is 12.8. The number of halogens is 2. The van der Waals surface area contributed by atoms with E-state index in [1.54, 1.807) is 23.1 Å². The summed E-state index contributed by atoms with van der Waals surface area (Å²) in [5, 5.41) is 6.94. The average molecular weight is 606 g/mol. The molecule has 5 atom stereocenters. The van der Waals surface area contributed by atoms with Crippen LogP contribution in [0.15, 0.2) is 30.4 Å². The number of likely N-dealkylation sites (tertiary alicyclic amines) is 1. The molecular weight excluding hydrogens is 563 g/mol. The van der Waals surface area contributed by atoms with Gasteiger partial charge in [-0.1, -0.05) is 68.5 Å². The molecular formula is C31H42Cl2N4O4. The summed E-state index contributed by atoms with van der Waals surface area (Å²) in [4.78, 5) is 45.9. The molecule has 4 aliphatic rings. The molecule has 3 heterocycles. The van der Waals surface area contributed by atoms with Crippen molar-refractivity contribution in [1.82, 2.24) is 15.1 Å². The number of carbonyl (C=O) groups excluding carboxylic acids is 3. The van der Waals surface area contributed by atoms with E-state index in [1.165, 1.54) is 6.42 Å². The van der Waals surface area contributed by atoms with Crippen LogP contribution in [0, 0.1) is 11.8 Å². The second kappa shape index (κ2) is 13.0. The third-order valence-corrected chi connectivity index (χ3v) is 9.40. The normalized spacial score (nSPS) is 28.9. The highest BCUT2D eigenvalue weighted by atomic mass is 35.5. The number of carbonyl (C=O) groups is 3. The summed E-state index contributed by atoms with van der Waals surface area (Å²) >= 11 is 12.3. The van der Waals surface area contributed by atoms with Crippen LogP contribution in [-0.4, -0.2) is 77.5 Å². The van der Waals surface area contributed by atoms with Gasteiger partial charge in [-0.3, -0.25) is 14.4 Å². The average Bonchev–Trinajstić information content (AvgIpc) is 3.56. The SMILES string of the molecule is CCCN(CCC)CCCN1C(=O)[C@H]2[C@H](C(=O)Nc3cc(Cl)cc(Cl)c3)[C@H]3C=C[C@@]2(O3)[C@H]1C(=O)NC1CCCCC1. The zero-order valence-electron chi connectivity index (χ0n) is 24.0. The minimum absolute atomic E-state index is 0.0995. The number of amides is 3. The van der Waals surface area contributed by atoms with Gasteiger partial charge < -0.3 is 25.2 Å². The lowest BCUT2D eigenvalue weighted by Gasteiger charge is -2.34. The summed E-state index contributed by atoms with van der Waals surface area (Å²) in [7, 11) is 0. The van der Waals surface area contributed by atoms with E-state index in [2.05, 4.69) is 29.4 Å². The van der Waals surface area contributed by atoms with Crippen LogP contribution in [0.25, 0.3) is 0 Å². The molecule has 10 heteroatoms. The highest BCUT2D eigenvalue weighted by Crippen LogP contribution is 2.55. The molecule has 1 spiro atoms. The van der Waals surface area contributed by atoms with Crippen LogP contribution in [0.3, 0.4) is 0 Å². The van der Waals surface area contributed by atoms with Gasteiger partial charge in [-0.25, -0.2) is 0 Å². The Morgan fingerprint density at radius 2 is 1.71 bits per heavy atom. The van der Waals surface area contributed by atoms with Crippen molar-refractivity contribution < 1.29 is 19.1 Å². The number of nitrogens with one attached hydrogen (secondary N) is 2. The molecule has 1 aromatic rings. The van der Waals surface area contributed by atoms with Crippen molar-refractivity contribution >= 4 is 46.6 Å². The molecule has 3 amide bonds. The van der Waals surface area contributed by atoms with Gasteiger partial charge in [-0.2, -0.15) is 0 Å². The van der Waals surface area contributed by atoms with E-state index < -0.39 is 29.6 Å². The highest BCUT2D eigenvalue weighted by molar-refractivity contribution is 6.35. The monoisotopic (exact) mass is 604 g/mol. The van der Waals surface area contributed by atoms with E-state index in [0.29, 0.717) is 22.3 Å². The molecule has 1 aliphatic carbocycles. The molecule has 2 saturated heterocycles. The van der Waals surface area contributed by atoms with Crippen LogP contribution >= 0.6 is 23.2 Å². The molecule has 0 aromatic heterocycles. The maximum Gasteiger partial charge on any atom is 0.246 e. The first-order chi connectivity index (χ1) is 19.8. The predicted octanol–water partition coefficient (Wildman–Crippen LogP) is 5.04. The van der Waals surface area contributed by atoms with Crippen molar-refractivity contribution in [2.45, 2.75) is 89.0 Å². The summed E-state index contributed by atoms with van der Waals surface area (Å²) in [6.07, 6.45) is 11.2. The zero-order chi connectivity index (χ0) is 29.1. The number of rotatable bonds is 12. The Morgan fingerprint density at radius 1 is 1.02 bits per heavy atom. The number of benzene rings is 1. The number of hydrogen-bond acceptors (Lipinski definition) is 5. The second-order valence-electron chi connectivity index (χ2n) is 11.9. The first-order valence-electron chi connectivity index (χ1n) is 15.2. The van der Waals surface area contributed by atoms with Crippen LogP contribution in [0.5, 0.6) is 0 Å². The van der Waals surface area contributed by atoms with Gasteiger partial charge in [0.25, 0.3) is 0 Å². The van der Waals surface area contributed by atoms with Gasteiger partial charge >= 0.3 is 0 Å². The quantitative estimate of drug-likeness (QED) is 0.326. The summed E-state index contributed by atoms with van der Waals surface area (Å²) in [6.45, 7) is 7.62. The van der Waals surface area contributed by atoms with Gasteiger partial charge in [0.15, 0.2) is 0 Å². The summed E-state index contributed by atoms with van der Waals surface area (Å²) in [5.74, 6) is -2.26. The minimum atomic E-state index is -1.17. The van der Waals surface area contributed by atoms with Gasteiger partial charge in [-0.05, 0) is 69.9 Å². The Labute approximate surface area is 253 Å². The molecule has 2 N–H and O–H groups in total. The van der Waals surface area contributed by atoms with Crippen molar-refractivity contribution in [2.75, 3.05) is 31.5 Å². The first kappa shape index (κ1) is 30.3. The third-order valence-electron chi connectivity index (χ3n) is 8.96. The van der Waals surface area contributed by atoms with E-state index in [0.717, 1.165) is 64.6 Å². The summed E-state index contributed by atoms with van der Waals surface area (Å²) in [6, 6.07) is 4.11. The molecule has 224 valence electrons. The Bertz CT molecular complexity index is 1150. The van der Waals surface area contributed by atoms with Crippen molar-refractivity contribution in [3.63, 3.8) is 0 Å². The molecule has 0 radical (unpaired) electrons. The molecule has 8 nitrogen and oxygen atoms in total. The van der Waals surface area contributed by atoms with E-state index >= 15 is 0 Å². The van der Waals surface area contributed by atoms with Gasteiger partial charge in [0, 0.05) is 28.3 Å². The topological polar surface area (TPSA) is 91.0 Å². The summed E-state index contributed by atoms with van der Waals surface area (Å²) in [5.41, 5.74) is -0.713. The Morgan fingerprint density at radius 3 is 2.37 bits per heavy atom. The van der Waals surface area contributed by atoms with Crippen molar-refractivity contribution in [2.24, 2.45) is 11.8 Å². The first-order valence-corrected chi connectivity index (χ1v) is 16.0. The lowest BCUT2D eigenvalue weighted by molar-refractivity contribution is -0.141. The lowest BCUT2D eigenvalue weighted by Crippen LogP contribution is -2.56. The third kappa shape index (κ3) is 6.17. The number of nitrogens with zero attached hydrogens (tertiary/aromatic N) is 2. The number of anilines is 1. The van der Waals surface area contributed by atoms with Crippen LogP contribution in [0.4, 0.5) is 5.69 Å². The van der Waals surface area contributed by atoms with Gasteiger partial charge in [0.1, 0.15) is 11.6 Å². The Hall–Kier alpha value is -2.13. The van der Waals surface area contributed by atoms with E-state index in [4.69, 9.17) is 27.9 Å². The number of ether oxygens (including phenoxy) is 1. The van der Waals surface area contributed by atoms with Crippen LogP contribution in [0.2, 0.25) is 10.0 Å². The van der Waals surface area contributed by atoms with Gasteiger partial charge in [-0.15, -0.1) is 0 Å². The largest absolute Gasteiger partial charge is 0.359 e. The molecule has 41 heavy (non-hydrogen) atoms. The van der Waals surface area contributed by atoms with E-state index in [1.807, 2.05) is 12.2 Å². The van der Waals surface area contributed by atoms with Crippen molar-refractivity contribution in [3.8, 4) is 0 Å². The van der Waals surface area contributed by atoms with E-state index in [-0.39, 0.29) is 23.8 Å². The fourth-order valence-corrected chi connectivity index (χ4v) is 7.85. The van der Waals surface area contributed by atoms with Gasteiger partial charge in [0.05, 0.1) is 17.9 Å². The molecule has 0 unspecified atom stereocenters. The van der Waals surface area contributed by atoms with Crippen molar-refractivity contribution in [1.29, 1.82) is 0 Å². The molecule has 1 aromatic carbocycles. The van der Waals surface area contributed by atoms with Crippen LogP contribution < -0.4 is 10.6 Å². The van der Waals surface area contributed by atoms with E-state index in [9.17, 15) is 14.4 Å². The number of fused-ring (bicyclic) bond motifs is 1. The maximum atomic E-state index is 14.2. The standard InChI is InChI=1S/C31H42Cl2N4O4/c1-3-13-36(14-4-2)15-8-16-37-27(29(39)34-22-9-6-5-7-10-22)31-12-11-24(41-31)25(26(31)30(37)40)28(38)35-23-18-20(32)17-21(33)19-23/h11-12,17-19,22,24-27H,3-10,13-16H2,1-2H3,(H,34,39)(H,35,38)/t24-,25-,26-,27-,31+/m1/s1. The Balaban J connectivity index is 1.39. The predicted molar refractivity (Wildman–Crippen MR) is 161 cm³/mol. The molecule has 2 bridgehead atoms. The molecule has 5 rings (SSSR count). The van der Waals surface area contributed by atoms with Crippen molar-refractivity contribution in [3.05, 3.63) is 40.4 Å². The fourth-order valence-electron chi connectivity index (χ4n) is 7.32. The molecule has 3 aliphatic heterocycles. The maximum absolute atomic E-state index is 14.2. The Kier molecular flexibility index (Phi) is 9.64. The van der Waals surface area contributed by atoms with Crippen LogP contribution in [-0.2, 0) is 19.1 Å². The summed E-state index contributed by atoms with van der Waals surface area (Å²) < 4.78 is 6.47. The minimum Gasteiger partial charge on any atom is -0.359 e. The highest BCUT2D eigenvalue weighted by Gasteiger charge is 2.72. The zero-order valence-corrected chi connectivity index (χ0v) is 25.6. The van der Waals surface area contributed by atoms with Gasteiger partial charge in [0.2, 0.25) is 17.7 Å².